The van der Waals surface area contributed by atoms with Crippen molar-refractivity contribution in [2.45, 2.75) is 47.0 Å². The van der Waals surface area contributed by atoms with Crippen molar-refractivity contribution in [3.63, 3.8) is 0 Å². The number of benzene rings is 1. The number of allylic oxidation sites excluding steroid dienone is 8. The highest BCUT2D eigenvalue weighted by Gasteiger charge is 2.14. The van der Waals surface area contributed by atoms with E-state index in [2.05, 4.69) is 26.3 Å². The van der Waals surface area contributed by atoms with Gasteiger partial charge < -0.3 is 4.74 Å². The number of halogens is 2. The minimum Gasteiger partial charge on any atom is -0.491 e. The van der Waals surface area contributed by atoms with Gasteiger partial charge >= 0.3 is 0 Å². The Morgan fingerprint density at radius 3 is 1.93 bits per heavy atom. The van der Waals surface area contributed by atoms with E-state index in [4.69, 9.17) is 4.74 Å². The average molecular weight is 401 g/mol. The molecule has 0 saturated heterocycles. The maximum Gasteiger partial charge on any atom is 0.200 e. The minimum atomic E-state index is -0.944. The molecule has 0 N–H and O–H groups in total. The van der Waals surface area contributed by atoms with Gasteiger partial charge in [-0.2, -0.15) is 4.39 Å². The van der Waals surface area contributed by atoms with Gasteiger partial charge in [-0.1, -0.05) is 88.6 Å². The Bertz CT molecular complexity index is 782. The van der Waals surface area contributed by atoms with Gasteiger partial charge in [-0.05, 0) is 49.0 Å². The van der Waals surface area contributed by atoms with Gasteiger partial charge in [-0.3, -0.25) is 0 Å². The molecule has 3 heteroatoms. The Labute approximate surface area is 175 Å². The number of hydrogen-bond donors (Lipinski definition) is 0. The van der Waals surface area contributed by atoms with E-state index in [1.807, 2.05) is 45.1 Å². The summed E-state index contributed by atoms with van der Waals surface area (Å²) < 4.78 is 33.0. The molecule has 0 aliphatic heterocycles. The molecule has 0 unspecified atom stereocenters. The number of aryl methyl sites for hydroxylation is 1. The first-order valence-electron chi connectivity index (χ1n) is 9.99. The lowest BCUT2D eigenvalue weighted by molar-refractivity contribution is 0.313. The standard InChI is InChI=1S/C24H28F2O.C2H6/c1-7-17(3)9-12-19(5)20(6)13-10-18(4)11-14-21-15-16-22(27-8-2)24(26)23(21)25;1-2/h9-10,12-13,15-16H,3-8,11,14H2,1-2H3;1-2H3/b12-9-,13-10-;. The van der Waals surface area contributed by atoms with Crippen LogP contribution in [-0.2, 0) is 6.42 Å². The summed E-state index contributed by atoms with van der Waals surface area (Å²) in [5.74, 6) is -1.87. The molecule has 1 aromatic rings. The molecule has 1 nitrogen and oxygen atoms in total. The second-order valence-electron chi connectivity index (χ2n) is 6.17. The van der Waals surface area contributed by atoms with Crippen molar-refractivity contribution in [1.82, 2.24) is 0 Å². The lowest BCUT2D eigenvalue weighted by Crippen LogP contribution is -2.01. The van der Waals surface area contributed by atoms with E-state index in [-0.39, 0.29) is 12.4 Å². The summed E-state index contributed by atoms with van der Waals surface area (Å²) in [6.07, 6.45) is 9.16. The number of ether oxygens (including phenoxy) is 1. The third-order valence-corrected chi connectivity index (χ3v) is 4.05. The summed E-state index contributed by atoms with van der Waals surface area (Å²) in [5.41, 5.74) is 3.65. The fourth-order valence-electron chi connectivity index (χ4n) is 2.18. The Morgan fingerprint density at radius 1 is 0.862 bits per heavy atom. The van der Waals surface area contributed by atoms with Crippen molar-refractivity contribution >= 4 is 0 Å². The summed E-state index contributed by atoms with van der Waals surface area (Å²) in [6.45, 7) is 23.8. The van der Waals surface area contributed by atoms with Crippen LogP contribution >= 0.6 is 0 Å². The molecule has 29 heavy (non-hydrogen) atoms. The highest BCUT2D eigenvalue weighted by atomic mass is 19.2. The van der Waals surface area contributed by atoms with E-state index in [1.54, 1.807) is 13.0 Å². The highest BCUT2D eigenvalue weighted by molar-refractivity contribution is 5.45. The van der Waals surface area contributed by atoms with Gasteiger partial charge in [0.05, 0.1) is 6.61 Å². The first-order valence-corrected chi connectivity index (χ1v) is 9.99. The van der Waals surface area contributed by atoms with Crippen molar-refractivity contribution in [1.29, 1.82) is 0 Å². The summed E-state index contributed by atoms with van der Waals surface area (Å²) in [7, 11) is 0. The monoisotopic (exact) mass is 400 g/mol. The fraction of sp³-hybridized carbons (Fsp3) is 0.308. The quantitative estimate of drug-likeness (QED) is 0.341. The zero-order valence-corrected chi connectivity index (χ0v) is 18.3. The first kappa shape index (κ1) is 26.3. The van der Waals surface area contributed by atoms with Gasteiger partial charge in [0, 0.05) is 0 Å². The lowest BCUT2D eigenvalue weighted by Gasteiger charge is -2.09. The molecule has 1 aromatic carbocycles. The largest absolute Gasteiger partial charge is 0.491 e. The van der Waals surface area contributed by atoms with Crippen LogP contribution in [0.15, 0.2) is 85.0 Å². The maximum atomic E-state index is 14.1. The van der Waals surface area contributed by atoms with Crippen molar-refractivity contribution in [2.75, 3.05) is 6.61 Å². The predicted molar refractivity (Wildman–Crippen MR) is 122 cm³/mol. The molecular formula is C26H34F2O. The zero-order valence-electron chi connectivity index (χ0n) is 18.3. The van der Waals surface area contributed by atoms with Crippen molar-refractivity contribution in [3.05, 3.63) is 102 Å². The molecule has 0 aromatic heterocycles. The van der Waals surface area contributed by atoms with Crippen LogP contribution in [0.3, 0.4) is 0 Å². The fourth-order valence-corrected chi connectivity index (χ4v) is 2.18. The predicted octanol–water partition coefficient (Wildman–Crippen LogP) is 8.07. The van der Waals surface area contributed by atoms with Crippen LogP contribution < -0.4 is 4.74 Å². The third kappa shape index (κ3) is 9.38. The van der Waals surface area contributed by atoms with Crippen molar-refractivity contribution in [3.8, 4) is 5.75 Å². The molecule has 0 aliphatic carbocycles. The molecule has 0 heterocycles. The zero-order chi connectivity index (χ0) is 22.4. The molecule has 0 spiro atoms. The molecule has 0 bridgehead atoms. The van der Waals surface area contributed by atoms with Crippen LogP contribution in [0.4, 0.5) is 8.78 Å². The molecule has 158 valence electrons. The average Bonchev–Trinajstić information content (AvgIpc) is 2.74. The van der Waals surface area contributed by atoms with Gasteiger partial charge in [0.1, 0.15) is 0 Å². The Kier molecular flexibility index (Phi) is 13.0. The van der Waals surface area contributed by atoms with E-state index in [1.165, 1.54) is 6.07 Å². The highest BCUT2D eigenvalue weighted by Crippen LogP contribution is 2.24. The molecule has 0 fully saturated rings. The minimum absolute atomic E-state index is 0.0638. The smallest absolute Gasteiger partial charge is 0.200 e. The van der Waals surface area contributed by atoms with Gasteiger partial charge in [-0.15, -0.1) is 0 Å². The van der Waals surface area contributed by atoms with E-state index in [0.717, 1.165) is 28.7 Å². The van der Waals surface area contributed by atoms with Crippen LogP contribution in [0.5, 0.6) is 5.75 Å². The van der Waals surface area contributed by atoms with Gasteiger partial charge in [-0.25, -0.2) is 4.39 Å². The van der Waals surface area contributed by atoms with Crippen molar-refractivity contribution < 1.29 is 13.5 Å². The summed E-state index contributed by atoms with van der Waals surface area (Å²) in [5, 5.41) is 0. The van der Waals surface area contributed by atoms with Crippen LogP contribution in [0, 0.1) is 11.6 Å². The number of hydrogen-bond acceptors (Lipinski definition) is 1. The molecule has 1 rings (SSSR count). The normalized spacial score (nSPS) is 10.6. The molecule has 0 atom stereocenters. The third-order valence-electron chi connectivity index (χ3n) is 4.05. The molecular weight excluding hydrogens is 366 g/mol. The summed E-state index contributed by atoms with van der Waals surface area (Å²) >= 11 is 0. The Balaban J connectivity index is 0.00000379. The maximum absolute atomic E-state index is 14.1. The summed E-state index contributed by atoms with van der Waals surface area (Å²) in [6, 6.07) is 3.00. The van der Waals surface area contributed by atoms with Gasteiger partial charge in [0.15, 0.2) is 11.6 Å². The SMILES string of the molecule is C=C(/C=C\C(=C)C(=C)/C=C\C(=C)CCc1ccc(OCC)c(F)c1F)CC.CC. The van der Waals surface area contributed by atoms with E-state index in [9.17, 15) is 8.78 Å². The van der Waals surface area contributed by atoms with Crippen LogP contribution in [0.2, 0.25) is 0 Å². The molecule has 0 saturated carbocycles. The molecule has 0 radical (unpaired) electrons. The van der Waals surface area contributed by atoms with Crippen molar-refractivity contribution in [2.24, 2.45) is 0 Å². The van der Waals surface area contributed by atoms with Gasteiger partial charge in [0.2, 0.25) is 5.82 Å². The van der Waals surface area contributed by atoms with E-state index in [0.29, 0.717) is 18.4 Å². The molecule has 0 amide bonds. The second kappa shape index (κ2) is 14.3. The van der Waals surface area contributed by atoms with Crippen LogP contribution in [0.25, 0.3) is 0 Å². The molecule has 0 aliphatic rings. The Hall–Kier alpha value is -2.68. The summed E-state index contributed by atoms with van der Waals surface area (Å²) in [4.78, 5) is 0. The van der Waals surface area contributed by atoms with Crippen LogP contribution in [-0.4, -0.2) is 6.61 Å². The van der Waals surface area contributed by atoms with Crippen LogP contribution in [0.1, 0.15) is 46.1 Å². The topological polar surface area (TPSA) is 9.23 Å². The van der Waals surface area contributed by atoms with E-state index < -0.39 is 11.6 Å². The number of rotatable bonds is 11. The van der Waals surface area contributed by atoms with E-state index >= 15 is 0 Å². The van der Waals surface area contributed by atoms with Gasteiger partial charge in [0.25, 0.3) is 0 Å². The lowest BCUT2D eigenvalue weighted by atomic mass is 10.0. The first-order chi connectivity index (χ1) is 13.8. The second-order valence-corrected chi connectivity index (χ2v) is 6.17. The Morgan fingerprint density at radius 2 is 1.41 bits per heavy atom.